The van der Waals surface area contributed by atoms with E-state index in [0.29, 0.717) is 10.6 Å². The van der Waals surface area contributed by atoms with Crippen molar-refractivity contribution >= 4 is 39.0 Å². The van der Waals surface area contributed by atoms with Gasteiger partial charge in [-0.05, 0) is 18.2 Å². The standard InChI is InChI=1S/C18H15O6PS2/c19-26(20,21)17-12-7-13-18(14-17)27(22,23)24-25(15-8-3-1-4-9-15)16-10-5-2-6-11-16/h1-14H,(H,19,20,21). The lowest BCUT2D eigenvalue weighted by molar-refractivity contribution is 0.483. The Bertz CT molecular complexity index is 1090. The van der Waals surface area contributed by atoms with Crippen LogP contribution in [0.5, 0.6) is 0 Å². The van der Waals surface area contributed by atoms with E-state index in [4.69, 9.17) is 8.52 Å². The van der Waals surface area contributed by atoms with Gasteiger partial charge in [0.1, 0.15) is 8.15 Å². The molecule has 0 aliphatic heterocycles. The molecule has 0 spiro atoms. The van der Waals surface area contributed by atoms with Crippen LogP contribution in [-0.4, -0.2) is 21.4 Å². The molecule has 0 unspecified atom stereocenters. The third kappa shape index (κ3) is 4.80. The second kappa shape index (κ2) is 7.88. The van der Waals surface area contributed by atoms with E-state index in [1.807, 2.05) is 12.1 Å². The topological polar surface area (TPSA) is 97.7 Å². The van der Waals surface area contributed by atoms with Crippen molar-refractivity contribution in [2.24, 2.45) is 0 Å². The molecule has 140 valence electrons. The SMILES string of the molecule is O=S(=O)(O)c1cccc(S(=O)(=O)OP(c2ccccc2)c2ccccc2)c1. The second-order valence-electron chi connectivity index (χ2n) is 5.44. The monoisotopic (exact) mass is 422 g/mol. The van der Waals surface area contributed by atoms with Crippen molar-refractivity contribution < 1.29 is 25.4 Å². The molecule has 0 aliphatic carbocycles. The predicted molar refractivity (Wildman–Crippen MR) is 104 cm³/mol. The highest BCUT2D eigenvalue weighted by molar-refractivity contribution is 7.93. The van der Waals surface area contributed by atoms with Crippen LogP contribution in [-0.2, 0) is 24.2 Å². The van der Waals surface area contributed by atoms with Crippen molar-refractivity contribution in [1.29, 1.82) is 0 Å². The minimum absolute atomic E-state index is 0.350. The molecule has 0 bridgehead atoms. The molecule has 1 N–H and O–H groups in total. The predicted octanol–water partition coefficient (Wildman–Crippen LogP) is 2.69. The van der Waals surface area contributed by atoms with Gasteiger partial charge in [-0.1, -0.05) is 66.7 Å². The van der Waals surface area contributed by atoms with E-state index in [1.165, 1.54) is 12.1 Å². The van der Waals surface area contributed by atoms with Crippen LogP contribution < -0.4 is 10.6 Å². The van der Waals surface area contributed by atoms with Gasteiger partial charge in [-0.2, -0.15) is 16.8 Å². The Labute approximate surface area is 159 Å². The molecule has 3 rings (SSSR count). The Morgan fingerprint density at radius 2 is 1.15 bits per heavy atom. The highest BCUT2D eigenvalue weighted by Gasteiger charge is 2.26. The van der Waals surface area contributed by atoms with E-state index >= 15 is 0 Å². The first-order chi connectivity index (χ1) is 12.8. The van der Waals surface area contributed by atoms with Crippen LogP contribution >= 0.6 is 8.15 Å². The second-order valence-corrected chi connectivity index (χ2v) is 10.5. The highest BCUT2D eigenvalue weighted by atomic mass is 32.2. The van der Waals surface area contributed by atoms with Gasteiger partial charge in [0.2, 0.25) is 0 Å². The van der Waals surface area contributed by atoms with Gasteiger partial charge in [0.05, 0.1) is 9.79 Å². The highest BCUT2D eigenvalue weighted by Crippen LogP contribution is 2.39. The zero-order valence-corrected chi connectivity index (χ0v) is 16.4. The van der Waals surface area contributed by atoms with Crippen molar-refractivity contribution in [1.82, 2.24) is 0 Å². The van der Waals surface area contributed by atoms with Gasteiger partial charge in [0.15, 0.2) is 0 Å². The Morgan fingerprint density at radius 3 is 1.63 bits per heavy atom. The van der Waals surface area contributed by atoms with Gasteiger partial charge in [-0.25, -0.2) is 3.97 Å². The summed E-state index contributed by atoms with van der Waals surface area (Å²) >= 11 is 0. The summed E-state index contributed by atoms with van der Waals surface area (Å²) in [5.74, 6) is 0. The Kier molecular flexibility index (Phi) is 5.74. The average Bonchev–Trinajstić information content (AvgIpc) is 2.67. The molecule has 6 nitrogen and oxygen atoms in total. The Balaban J connectivity index is 2.03. The lowest BCUT2D eigenvalue weighted by atomic mass is 10.4. The molecule has 0 fully saturated rings. The number of hydrogen-bond donors (Lipinski definition) is 1. The quantitative estimate of drug-likeness (QED) is 0.485. The van der Waals surface area contributed by atoms with Crippen molar-refractivity contribution in [3.05, 3.63) is 84.9 Å². The molecular formula is C18H15O6PS2. The fourth-order valence-electron chi connectivity index (χ4n) is 2.29. The normalized spacial score (nSPS) is 12.2. The van der Waals surface area contributed by atoms with Gasteiger partial charge in [0.25, 0.3) is 10.1 Å². The molecule has 0 saturated heterocycles. The summed E-state index contributed by atoms with van der Waals surface area (Å²) in [5.41, 5.74) is 0. The summed E-state index contributed by atoms with van der Waals surface area (Å²) in [7, 11) is -10.5. The maximum atomic E-state index is 12.8. The first kappa shape index (κ1) is 19.7. The van der Waals surface area contributed by atoms with E-state index in [-0.39, 0.29) is 4.90 Å². The van der Waals surface area contributed by atoms with Crippen LogP contribution in [0.3, 0.4) is 0 Å². The smallest absolute Gasteiger partial charge is 0.282 e. The van der Waals surface area contributed by atoms with E-state index in [9.17, 15) is 16.8 Å². The maximum absolute atomic E-state index is 12.8. The molecular weight excluding hydrogens is 407 g/mol. The molecule has 0 amide bonds. The first-order valence-corrected chi connectivity index (χ1v) is 11.8. The zero-order valence-electron chi connectivity index (χ0n) is 13.8. The van der Waals surface area contributed by atoms with Crippen LogP contribution in [0.1, 0.15) is 0 Å². The van der Waals surface area contributed by atoms with Crippen molar-refractivity contribution in [2.75, 3.05) is 0 Å². The maximum Gasteiger partial charge on any atom is 0.300 e. The van der Waals surface area contributed by atoms with Crippen molar-refractivity contribution in [2.45, 2.75) is 9.79 Å². The molecule has 0 saturated carbocycles. The van der Waals surface area contributed by atoms with Crippen LogP contribution in [0.2, 0.25) is 0 Å². The number of benzene rings is 3. The molecule has 0 radical (unpaired) electrons. The number of hydrogen-bond acceptors (Lipinski definition) is 5. The molecule has 27 heavy (non-hydrogen) atoms. The summed E-state index contributed by atoms with van der Waals surface area (Å²) < 4.78 is 62.9. The van der Waals surface area contributed by atoms with E-state index in [1.54, 1.807) is 48.5 Å². The molecule has 0 atom stereocenters. The Morgan fingerprint density at radius 1 is 0.667 bits per heavy atom. The first-order valence-electron chi connectivity index (χ1n) is 7.70. The average molecular weight is 422 g/mol. The third-order valence-corrected chi connectivity index (χ3v) is 8.14. The van der Waals surface area contributed by atoms with Gasteiger partial charge < -0.3 is 0 Å². The minimum atomic E-state index is -4.53. The molecule has 3 aromatic rings. The summed E-state index contributed by atoms with van der Waals surface area (Å²) in [6.07, 6.45) is 0. The van der Waals surface area contributed by atoms with E-state index < -0.39 is 33.3 Å². The lowest BCUT2D eigenvalue weighted by Crippen LogP contribution is -2.17. The van der Waals surface area contributed by atoms with Gasteiger partial charge in [-0.3, -0.25) is 4.55 Å². The van der Waals surface area contributed by atoms with Gasteiger partial charge in [-0.15, -0.1) is 0 Å². The largest absolute Gasteiger partial charge is 0.300 e. The van der Waals surface area contributed by atoms with Crippen LogP contribution in [0.4, 0.5) is 0 Å². The molecule has 9 heteroatoms. The summed E-state index contributed by atoms with van der Waals surface area (Å²) in [4.78, 5) is -0.868. The third-order valence-electron chi connectivity index (χ3n) is 3.55. The minimum Gasteiger partial charge on any atom is -0.282 e. The molecule has 3 aromatic carbocycles. The van der Waals surface area contributed by atoms with Crippen molar-refractivity contribution in [3.63, 3.8) is 0 Å². The van der Waals surface area contributed by atoms with E-state index in [2.05, 4.69) is 0 Å². The van der Waals surface area contributed by atoms with Gasteiger partial charge in [0, 0.05) is 10.6 Å². The summed E-state index contributed by atoms with van der Waals surface area (Å²) in [6.45, 7) is 0. The van der Waals surface area contributed by atoms with Crippen molar-refractivity contribution in [3.8, 4) is 0 Å². The molecule has 0 aliphatic rings. The van der Waals surface area contributed by atoms with Gasteiger partial charge >= 0.3 is 10.1 Å². The summed E-state index contributed by atoms with van der Waals surface area (Å²) in [5, 5.41) is 1.38. The lowest BCUT2D eigenvalue weighted by Gasteiger charge is -2.18. The fraction of sp³-hybridized carbons (Fsp3) is 0. The molecule has 0 heterocycles. The van der Waals surface area contributed by atoms with E-state index in [0.717, 1.165) is 12.1 Å². The van der Waals surface area contributed by atoms with Crippen LogP contribution in [0.25, 0.3) is 0 Å². The van der Waals surface area contributed by atoms with Crippen LogP contribution in [0.15, 0.2) is 94.7 Å². The number of rotatable bonds is 6. The summed E-state index contributed by atoms with van der Waals surface area (Å²) in [6, 6.07) is 22.2. The zero-order chi connectivity index (χ0) is 19.5. The fourth-order valence-corrected chi connectivity index (χ4v) is 6.41. The molecule has 0 aromatic heterocycles. The van der Waals surface area contributed by atoms with Crippen LogP contribution in [0, 0.1) is 0 Å². The Hall–Kier alpha value is -2.09.